The van der Waals surface area contributed by atoms with Crippen molar-refractivity contribution in [1.82, 2.24) is 15.5 Å². The number of aromatic nitrogens is 2. The molecule has 0 spiro atoms. The van der Waals surface area contributed by atoms with Crippen molar-refractivity contribution >= 4 is 51.8 Å². The van der Waals surface area contributed by atoms with Crippen LogP contribution in [0.3, 0.4) is 0 Å². The first-order valence-corrected chi connectivity index (χ1v) is 11.3. The third-order valence-electron chi connectivity index (χ3n) is 5.17. The third-order valence-corrected chi connectivity index (χ3v) is 6.54. The molecular weight excluding hydrogens is 467 g/mol. The molecule has 2 aromatic carbocycles. The second kappa shape index (κ2) is 8.43. The molecule has 160 valence electrons. The number of urea groups is 1. The molecule has 3 heterocycles. The standard InChI is InChI=1S/C23H16Cl2N4O2S/c1-13-19(22-27-21(28-31-22)18-3-2-12-32-18)20(14-4-6-15(24)7-5-14)26-23(30)29(13)17-10-8-16(25)9-11-17/h2-12,20H,1H3,(H,26,30). The molecule has 0 saturated carbocycles. The monoisotopic (exact) mass is 482 g/mol. The van der Waals surface area contributed by atoms with E-state index in [1.807, 2.05) is 36.6 Å². The lowest BCUT2D eigenvalue weighted by atomic mass is 9.94. The number of halogens is 2. The fourth-order valence-electron chi connectivity index (χ4n) is 3.67. The minimum Gasteiger partial charge on any atom is -0.334 e. The number of hydrogen-bond acceptors (Lipinski definition) is 5. The normalized spacial score (nSPS) is 16.4. The molecule has 32 heavy (non-hydrogen) atoms. The zero-order chi connectivity index (χ0) is 22.2. The quantitative estimate of drug-likeness (QED) is 0.346. The van der Waals surface area contributed by atoms with Gasteiger partial charge in [-0.2, -0.15) is 4.98 Å². The maximum atomic E-state index is 13.2. The van der Waals surface area contributed by atoms with Crippen LogP contribution < -0.4 is 10.2 Å². The van der Waals surface area contributed by atoms with Crippen LogP contribution in [0.25, 0.3) is 16.3 Å². The number of carbonyl (C=O) groups is 1. The molecule has 0 radical (unpaired) electrons. The van der Waals surface area contributed by atoms with E-state index in [4.69, 9.17) is 27.7 Å². The van der Waals surface area contributed by atoms with Gasteiger partial charge in [0.2, 0.25) is 5.82 Å². The summed E-state index contributed by atoms with van der Waals surface area (Å²) in [5, 5.41) is 10.4. The first-order chi connectivity index (χ1) is 15.5. The van der Waals surface area contributed by atoms with Crippen molar-refractivity contribution in [3.63, 3.8) is 0 Å². The molecule has 0 bridgehead atoms. The fourth-order valence-corrected chi connectivity index (χ4v) is 4.57. The average Bonchev–Trinajstić information content (AvgIpc) is 3.47. The van der Waals surface area contributed by atoms with Crippen LogP contribution in [0, 0.1) is 0 Å². The topological polar surface area (TPSA) is 71.3 Å². The molecular formula is C23H16Cl2N4O2S. The number of thiophene rings is 1. The van der Waals surface area contributed by atoms with Gasteiger partial charge in [-0.1, -0.05) is 46.6 Å². The molecule has 2 amide bonds. The summed E-state index contributed by atoms with van der Waals surface area (Å²) >= 11 is 13.6. The first-order valence-electron chi connectivity index (χ1n) is 9.71. The molecule has 1 atom stereocenters. The second-order valence-electron chi connectivity index (χ2n) is 7.15. The van der Waals surface area contributed by atoms with Gasteiger partial charge in [0, 0.05) is 15.7 Å². The Morgan fingerprint density at radius 3 is 2.38 bits per heavy atom. The molecule has 9 heteroatoms. The van der Waals surface area contributed by atoms with E-state index in [1.54, 1.807) is 41.3 Å². The smallest absolute Gasteiger partial charge is 0.326 e. The minimum atomic E-state index is -0.486. The second-order valence-corrected chi connectivity index (χ2v) is 8.97. The highest BCUT2D eigenvalue weighted by Crippen LogP contribution is 2.39. The number of hydrogen-bond donors (Lipinski definition) is 1. The molecule has 1 N–H and O–H groups in total. The highest BCUT2D eigenvalue weighted by molar-refractivity contribution is 7.13. The number of nitrogens with zero attached hydrogens (tertiary/aromatic N) is 3. The van der Waals surface area contributed by atoms with Crippen LogP contribution in [0.4, 0.5) is 10.5 Å². The van der Waals surface area contributed by atoms with Gasteiger partial charge in [0.05, 0.1) is 22.2 Å². The molecule has 6 nitrogen and oxygen atoms in total. The zero-order valence-corrected chi connectivity index (χ0v) is 19.1. The van der Waals surface area contributed by atoms with Gasteiger partial charge in [-0.05, 0) is 60.3 Å². The number of anilines is 1. The fraction of sp³-hybridized carbons (Fsp3) is 0.0870. The van der Waals surface area contributed by atoms with Crippen LogP contribution in [0.2, 0.25) is 10.0 Å². The van der Waals surface area contributed by atoms with Crippen molar-refractivity contribution in [2.75, 3.05) is 4.90 Å². The molecule has 0 fully saturated rings. The lowest BCUT2D eigenvalue weighted by Gasteiger charge is -2.35. The van der Waals surface area contributed by atoms with Gasteiger partial charge in [-0.3, -0.25) is 4.90 Å². The van der Waals surface area contributed by atoms with Crippen LogP contribution in [0.1, 0.15) is 24.4 Å². The van der Waals surface area contributed by atoms with E-state index in [-0.39, 0.29) is 6.03 Å². The molecule has 5 rings (SSSR count). The highest BCUT2D eigenvalue weighted by atomic mass is 35.5. The summed E-state index contributed by atoms with van der Waals surface area (Å²) in [5.41, 5.74) is 2.91. The predicted octanol–water partition coefficient (Wildman–Crippen LogP) is 6.81. The van der Waals surface area contributed by atoms with Gasteiger partial charge < -0.3 is 9.84 Å². The lowest BCUT2D eigenvalue weighted by molar-refractivity contribution is 0.244. The molecule has 1 unspecified atom stereocenters. The van der Waals surface area contributed by atoms with Crippen LogP contribution in [0.15, 0.2) is 76.3 Å². The summed E-state index contributed by atoms with van der Waals surface area (Å²) in [4.78, 5) is 20.3. The Morgan fingerprint density at radius 2 is 1.72 bits per heavy atom. The van der Waals surface area contributed by atoms with E-state index >= 15 is 0 Å². The van der Waals surface area contributed by atoms with Gasteiger partial charge in [0.15, 0.2) is 0 Å². The maximum absolute atomic E-state index is 13.2. The first kappa shape index (κ1) is 20.8. The maximum Gasteiger partial charge on any atom is 0.326 e. The van der Waals surface area contributed by atoms with Crippen molar-refractivity contribution in [3.8, 4) is 10.7 Å². The van der Waals surface area contributed by atoms with Crippen LogP contribution in [-0.4, -0.2) is 16.2 Å². The number of nitrogens with one attached hydrogen (secondary N) is 1. The molecule has 1 aliphatic rings. The van der Waals surface area contributed by atoms with Gasteiger partial charge in [0.1, 0.15) is 0 Å². The van der Waals surface area contributed by atoms with E-state index in [0.29, 0.717) is 38.7 Å². The Bertz CT molecular complexity index is 1300. The Kier molecular flexibility index (Phi) is 5.46. The van der Waals surface area contributed by atoms with E-state index in [9.17, 15) is 4.79 Å². The van der Waals surface area contributed by atoms with Gasteiger partial charge in [0.25, 0.3) is 5.89 Å². The number of benzene rings is 2. The van der Waals surface area contributed by atoms with Gasteiger partial charge >= 0.3 is 6.03 Å². The highest BCUT2D eigenvalue weighted by Gasteiger charge is 2.36. The van der Waals surface area contributed by atoms with Crippen LogP contribution >= 0.6 is 34.5 Å². The minimum absolute atomic E-state index is 0.272. The van der Waals surface area contributed by atoms with Crippen molar-refractivity contribution in [3.05, 3.63) is 93.2 Å². The zero-order valence-electron chi connectivity index (χ0n) is 16.8. The van der Waals surface area contributed by atoms with Crippen LogP contribution in [-0.2, 0) is 0 Å². The average molecular weight is 483 g/mol. The molecule has 4 aromatic rings. The van der Waals surface area contributed by atoms with Crippen LogP contribution in [0.5, 0.6) is 0 Å². The lowest BCUT2D eigenvalue weighted by Crippen LogP contribution is -2.46. The van der Waals surface area contributed by atoms with E-state index in [1.165, 1.54) is 11.3 Å². The van der Waals surface area contributed by atoms with Crippen molar-refractivity contribution in [2.45, 2.75) is 13.0 Å². The molecule has 1 aliphatic heterocycles. The summed E-state index contributed by atoms with van der Waals surface area (Å²) in [6.07, 6.45) is 0. The van der Waals surface area contributed by atoms with Crippen molar-refractivity contribution < 1.29 is 9.32 Å². The SMILES string of the molecule is CC1=C(c2nc(-c3cccs3)no2)C(c2ccc(Cl)cc2)NC(=O)N1c1ccc(Cl)cc1. The molecule has 0 aliphatic carbocycles. The van der Waals surface area contributed by atoms with Crippen molar-refractivity contribution in [1.29, 1.82) is 0 Å². The summed E-state index contributed by atoms with van der Waals surface area (Å²) in [7, 11) is 0. The number of rotatable bonds is 4. The van der Waals surface area contributed by atoms with Gasteiger partial charge in [-0.15, -0.1) is 11.3 Å². The molecule has 0 saturated heterocycles. The Labute approximate surface area is 198 Å². The predicted molar refractivity (Wildman–Crippen MR) is 127 cm³/mol. The molecule has 2 aromatic heterocycles. The van der Waals surface area contributed by atoms with E-state index < -0.39 is 6.04 Å². The number of amides is 2. The third kappa shape index (κ3) is 3.79. The Morgan fingerprint density at radius 1 is 1.03 bits per heavy atom. The Hall–Kier alpha value is -3.13. The number of allylic oxidation sites excluding steroid dienone is 1. The largest absolute Gasteiger partial charge is 0.334 e. The number of carbonyl (C=O) groups excluding carboxylic acids is 1. The van der Waals surface area contributed by atoms with Gasteiger partial charge in [-0.25, -0.2) is 4.79 Å². The van der Waals surface area contributed by atoms with Crippen molar-refractivity contribution in [2.24, 2.45) is 0 Å². The van der Waals surface area contributed by atoms with E-state index in [0.717, 1.165) is 10.4 Å². The summed E-state index contributed by atoms with van der Waals surface area (Å²) in [6.45, 7) is 1.86. The Balaban J connectivity index is 1.66. The summed E-state index contributed by atoms with van der Waals surface area (Å²) in [6, 6.07) is 17.5. The van der Waals surface area contributed by atoms with E-state index in [2.05, 4.69) is 15.5 Å². The summed E-state index contributed by atoms with van der Waals surface area (Å²) in [5.74, 6) is 0.838. The summed E-state index contributed by atoms with van der Waals surface area (Å²) < 4.78 is 5.67.